The Labute approximate surface area is 166 Å². The Kier molecular flexibility index (Phi) is 5.07. The first-order chi connectivity index (χ1) is 14.0. The first-order valence-corrected chi connectivity index (χ1v) is 9.62. The molecule has 0 bridgehead atoms. The number of nitro benzene ring substituents is 1. The maximum absolute atomic E-state index is 12.9. The highest BCUT2D eigenvalue weighted by Gasteiger charge is 2.15. The third kappa shape index (κ3) is 3.87. The molecule has 0 radical (unpaired) electrons. The van der Waals surface area contributed by atoms with Crippen LogP contribution in [0, 0.1) is 10.1 Å². The number of aryl methyl sites for hydroxylation is 1. The average molecular weight is 392 g/mol. The van der Waals surface area contributed by atoms with E-state index in [1.807, 2.05) is 0 Å². The van der Waals surface area contributed by atoms with Crippen molar-refractivity contribution in [3.05, 3.63) is 74.3 Å². The Morgan fingerprint density at radius 1 is 1.07 bits per heavy atom. The van der Waals surface area contributed by atoms with Gasteiger partial charge in [0.05, 0.1) is 15.8 Å². The normalized spacial score (nSPS) is 13.9. The van der Waals surface area contributed by atoms with Crippen LogP contribution < -0.4 is 10.9 Å². The monoisotopic (exact) mass is 392 g/mol. The predicted octanol–water partition coefficient (Wildman–Crippen LogP) is 3.67. The summed E-state index contributed by atoms with van der Waals surface area (Å²) in [6.45, 7) is 0.680. The van der Waals surface area contributed by atoms with Crippen molar-refractivity contribution >= 4 is 28.2 Å². The molecule has 1 aromatic heterocycles. The number of aromatic nitrogens is 2. The number of hydrogen-bond acceptors (Lipinski definition) is 5. The maximum Gasteiger partial charge on any atom is 0.269 e. The molecule has 0 atom stereocenters. The molecule has 0 fully saturated rings. The number of nitrogens with one attached hydrogen (secondary N) is 1. The van der Waals surface area contributed by atoms with Crippen molar-refractivity contribution in [3.8, 4) is 0 Å². The zero-order valence-electron chi connectivity index (χ0n) is 15.8. The molecule has 8 heteroatoms. The van der Waals surface area contributed by atoms with E-state index in [2.05, 4.69) is 10.3 Å². The van der Waals surface area contributed by atoms with Gasteiger partial charge in [0.15, 0.2) is 0 Å². The Bertz CT molecular complexity index is 1150. The van der Waals surface area contributed by atoms with Gasteiger partial charge < -0.3 is 5.32 Å². The zero-order chi connectivity index (χ0) is 20.4. The number of anilines is 1. The van der Waals surface area contributed by atoms with Gasteiger partial charge in [0.25, 0.3) is 17.2 Å². The molecule has 0 saturated heterocycles. The molecule has 148 valence electrons. The van der Waals surface area contributed by atoms with E-state index in [1.54, 1.807) is 22.8 Å². The number of hydrogen-bond donors (Lipinski definition) is 1. The van der Waals surface area contributed by atoms with E-state index in [9.17, 15) is 19.7 Å². The van der Waals surface area contributed by atoms with Crippen molar-refractivity contribution in [2.24, 2.45) is 0 Å². The van der Waals surface area contributed by atoms with Crippen LogP contribution in [-0.4, -0.2) is 20.4 Å². The van der Waals surface area contributed by atoms with Crippen molar-refractivity contribution in [3.63, 3.8) is 0 Å². The van der Waals surface area contributed by atoms with Gasteiger partial charge in [0.2, 0.25) is 0 Å². The lowest BCUT2D eigenvalue weighted by Crippen LogP contribution is -2.26. The van der Waals surface area contributed by atoms with Crippen molar-refractivity contribution in [2.75, 3.05) is 5.32 Å². The van der Waals surface area contributed by atoms with E-state index in [0.717, 1.165) is 37.9 Å². The molecular weight excluding hydrogens is 372 g/mol. The van der Waals surface area contributed by atoms with Crippen LogP contribution in [0.5, 0.6) is 0 Å². The van der Waals surface area contributed by atoms with E-state index < -0.39 is 4.92 Å². The third-order valence-corrected chi connectivity index (χ3v) is 5.16. The van der Waals surface area contributed by atoms with Crippen LogP contribution in [0.2, 0.25) is 0 Å². The fraction of sp³-hybridized carbons (Fsp3) is 0.286. The van der Waals surface area contributed by atoms with Crippen molar-refractivity contribution in [2.45, 2.75) is 38.6 Å². The van der Waals surface area contributed by atoms with Crippen LogP contribution in [0.15, 0.2) is 47.3 Å². The summed E-state index contributed by atoms with van der Waals surface area (Å²) in [5.41, 5.74) is 1.23. The molecule has 1 amide bonds. The number of fused-ring (bicyclic) bond motifs is 2. The van der Waals surface area contributed by atoms with Gasteiger partial charge in [0.1, 0.15) is 5.82 Å². The highest BCUT2D eigenvalue weighted by molar-refractivity contribution is 6.06. The fourth-order valence-electron chi connectivity index (χ4n) is 3.61. The number of amides is 1. The molecule has 0 unspecified atom stereocenters. The summed E-state index contributed by atoms with van der Waals surface area (Å²) in [5.74, 6) is 0.407. The summed E-state index contributed by atoms with van der Waals surface area (Å²) in [6.07, 6.45) is 4.97. The topological polar surface area (TPSA) is 107 Å². The molecule has 2 aromatic carbocycles. The first-order valence-electron chi connectivity index (χ1n) is 9.62. The molecule has 1 aliphatic rings. The largest absolute Gasteiger partial charge is 0.322 e. The highest BCUT2D eigenvalue weighted by Crippen LogP contribution is 2.19. The minimum atomic E-state index is -0.496. The summed E-state index contributed by atoms with van der Waals surface area (Å²) in [5, 5.41) is 13.9. The second-order valence-electron chi connectivity index (χ2n) is 7.14. The van der Waals surface area contributed by atoms with Gasteiger partial charge in [-0.2, -0.15) is 0 Å². The summed E-state index contributed by atoms with van der Waals surface area (Å²) in [6, 6.07) is 10.5. The van der Waals surface area contributed by atoms with Crippen LogP contribution in [0.3, 0.4) is 0 Å². The second-order valence-corrected chi connectivity index (χ2v) is 7.14. The van der Waals surface area contributed by atoms with Gasteiger partial charge in [-0.1, -0.05) is 12.8 Å². The molecule has 3 aromatic rings. The first kappa shape index (κ1) is 18.8. The Morgan fingerprint density at radius 3 is 2.59 bits per heavy atom. The van der Waals surface area contributed by atoms with Gasteiger partial charge in [-0.15, -0.1) is 0 Å². The van der Waals surface area contributed by atoms with E-state index in [-0.39, 0.29) is 17.2 Å². The molecule has 1 aliphatic heterocycles. The molecule has 0 aliphatic carbocycles. The summed E-state index contributed by atoms with van der Waals surface area (Å²) in [4.78, 5) is 40.4. The molecule has 0 spiro atoms. The molecule has 29 heavy (non-hydrogen) atoms. The number of carbonyl (C=O) groups is 1. The minimum Gasteiger partial charge on any atom is -0.322 e. The Morgan fingerprint density at radius 2 is 1.83 bits per heavy atom. The van der Waals surface area contributed by atoms with E-state index in [0.29, 0.717) is 28.7 Å². The van der Waals surface area contributed by atoms with Crippen molar-refractivity contribution in [1.82, 2.24) is 9.55 Å². The third-order valence-electron chi connectivity index (χ3n) is 5.16. The lowest BCUT2D eigenvalue weighted by atomic mass is 10.1. The maximum atomic E-state index is 12.9. The van der Waals surface area contributed by atoms with Gasteiger partial charge in [-0.25, -0.2) is 4.98 Å². The summed E-state index contributed by atoms with van der Waals surface area (Å²) >= 11 is 0. The summed E-state index contributed by atoms with van der Waals surface area (Å²) in [7, 11) is 0. The van der Waals surface area contributed by atoms with Gasteiger partial charge in [0, 0.05) is 36.3 Å². The van der Waals surface area contributed by atoms with Crippen LogP contribution in [0.1, 0.15) is 41.9 Å². The van der Waals surface area contributed by atoms with Gasteiger partial charge in [-0.05, 0) is 43.2 Å². The summed E-state index contributed by atoms with van der Waals surface area (Å²) < 4.78 is 1.76. The zero-order valence-corrected chi connectivity index (χ0v) is 15.8. The van der Waals surface area contributed by atoms with E-state index in [1.165, 1.54) is 24.3 Å². The lowest BCUT2D eigenvalue weighted by Gasteiger charge is -2.16. The van der Waals surface area contributed by atoms with Crippen LogP contribution in [0.4, 0.5) is 11.4 Å². The molecular formula is C21H20N4O4. The SMILES string of the molecule is O=C(Nc1ccc([N+](=O)[O-])cc1)c1ccc2c(=O)n3c(nc2c1)CCCCCC3. The Balaban J connectivity index is 1.64. The molecule has 0 saturated carbocycles. The van der Waals surface area contributed by atoms with Crippen LogP contribution in [0.25, 0.3) is 10.9 Å². The number of non-ortho nitro benzene ring substituents is 1. The van der Waals surface area contributed by atoms with E-state index in [4.69, 9.17) is 0 Å². The van der Waals surface area contributed by atoms with E-state index >= 15 is 0 Å². The minimum absolute atomic E-state index is 0.0464. The molecule has 1 N–H and O–H groups in total. The predicted molar refractivity (Wildman–Crippen MR) is 109 cm³/mol. The number of nitrogens with zero attached hydrogens (tertiary/aromatic N) is 3. The van der Waals surface area contributed by atoms with Crippen LogP contribution >= 0.6 is 0 Å². The molecule has 8 nitrogen and oxygen atoms in total. The number of benzene rings is 2. The lowest BCUT2D eigenvalue weighted by molar-refractivity contribution is -0.384. The molecule has 2 heterocycles. The van der Waals surface area contributed by atoms with Crippen LogP contribution in [-0.2, 0) is 13.0 Å². The quantitative estimate of drug-likeness (QED) is 0.540. The van der Waals surface area contributed by atoms with Crippen molar-refractivity contribution in [1.29, 1.82) is 0 Å². The number of nitro groups is 1. The van der Waals surface area contributed by atoms with Gasteiger partial charge >= 0.3 is 0 Å². The Hall–Kier alpha value is -3.55. The number of carbonyl (C=O) groups excluding carboxylic acids is 1. The van der Waals surface area contributed by atoms with Gasteiger partial charge in [-0.3, -0.25) is 24.3 Å². The second kappa shape index (κ2) is 7.83. The highest BCUT2D eigenvalue weighted by atomic mass is 16.6. The standard InChI is InChI=1S/C21H20N4O4/c26-20(22-15-7-9-16(10-8-15)25(28)29)14-6-11-17-18(13-14)23-19-5-3-1-2-4-12-24(19)21(17)27/h6-11,13H,1-5,12H2,(H,22,26). The van der Waals surface area contributed by atoms with Crippen molar-refractivity contribution < 1.29 is 9.72 Å². The number of rotatable bonds is 3. The molecule has 4 rings (SSSR count). The fourth-order valence-corrected chi connectivity index (χ4v) is 3.61. The average Bonchev–Trinajstić information content (AvgIpc) is 2.69. The smallest absolute Gasteiger partial charge is 0.269 e.